The zero-order chi connectivity index (χ0) is 32.0. The van der Waals surface area contributed by atoms with E-state index in [9.17, 15) is 18.0 Å². The highest BCUT2D eigenvalue weighted by molar-refractivity contribution is 7.92. The van der Waals surface area contributed by atoms with Gasteiger partial charge in [-0.15, -0.1) is 0 Å². The average molecular weight is 622 g/mol. The molecule has 0 saturated heterocycles. The number of sulfonamides is 1. The van der Waals surface area contributed by atoms with Gasteiger partial charge in [-0.3, -0.25) is 13.9 Å². The van der Waals surface area contributed by atoms with Crippen LogP contribution in [0.25, 0.3) is 0 Å². The fraction of sp³-hybridized carbons (Fsp3) is 0.412. The Labute approximate surface area is 261 Å². The number of ether oxygens (including phenoxy) is 2. The number of hydrogen-bond acceptors (Lipinski definition) is 6. The highest BCUT2D eigenvalue weighted by Crippen LogP contribution is 2.33. The summed E-state index contributed by atoms with van der Waals surface area (Å²) in [5, 5.41) is 3.10. The first-order valence-corrected chi connectivity index (χ1v) is 16.4. The highest BCUT2D eigenvalue weighted by atomic mass is 32.2. The van der Waals surface area contributed by atoms with Gasteiger partial charge in [-0.2, -0.15) is 0 Å². The van der Waals surface area contributed by atoms with Crippen molar-refractivity contribution in [2.75, 3.05) is 25.1 Å². The normalized spacial score (nSPS) is 14.1. The van der Waals surface area contributed by atoms with Gasteiger partial charge in [0.25, 0.3) is 10.0 Å². The summed E-state index contributed by atoms with van der Waals surface area (Å²) < 4.78 is 40.4. The van der Waals surface area contributed by atoms with Gasteiger partial charge in [-0.25, -0.2) is 8.42 Å². The molecule has 9 nitrogen and oxygen atoms in total. The molecule has 0 heterocycles. The Balaban J connectivity index is 1.75. The van der Waals surface area contributed by atoms with Gasteiger partial charge < -0.3 is 19.7 Å². The molecule has 0 unspecified atom stereocenters. The van der Waals surface area contributed by atoms with Crippen LogP contribution in [0.2, 0.25) is 0 Å². The van der Waals surface area contributed by atoms with Gasteiger partial charge in [0.2, 0.25) is 11.8 Å². The van der Waals surface area contributed by atoms with E-state index in [4.69, 9.17) is 9.47 Å². The summed E-state index contributed by atoms with van der Waals surface area (Å²) in [4.78, 5) is 29.1. The number of benzene rings is 3. The summed E-state index contributed by atoms with van der Waals surface area (Å²) in [5.41, 5.74) is 3.91. The van der Waals surface area contributed by atoms with Crippen molar-refractivity contribution >= 4 is 27.5 Å². The van der Waals surface area contributed by atoms with Crippen LogP contribution in [-0.2, 0) is 26.2 Å². The van der Waals surface area contributed by atoms with Gasteiger partial charge in [0.1, 0.15) is 12.6 Å². The maximum atomic E-state index is 14.3. The van der Waals surface area contributed by atoms with Crippen molar-refractivity contribution in [3.05, 3.63) is 82.9 Å². The number of nitrogens with zero attached hydrogens (tertiary/aromatic N) is 2. The predicted molar refractivity (Wildman–Crippen MR) is 172 cm³/mol. The molecule has 1 atom stereocenters. The van der Waals surface area contributed by atoms with E-state index < -0.39 is 28.5 Å². The van der Waals surface area contributed by atoms with Crippen LogP contribution in [0.3, 0.4) is 0 Å². The van der Waals surface area contributed by atoms with Crippen LogP contribution in [0, 0.1) is 20.8 Å². The molecule has 2 amide bonds. The van der Waals surface area contributed by atoms with E-state index in [2.05, 4.69) is 5.32 Å². The van der Waals surface area contributed by atoms with Crippen LogP contribution in [0.1, 0.15) is 54.9 Å². The van der Waals surface area contributed by atoms with Crippen LogP contribution in [0.4, 0.5) is 5.69 Å². The number of methoxy groups -OCH3 is 2. The molecule has 1 N–H and O–H groups in total. The maximum absolute atomic E-state index is 14.3. The van der Waals surface area contributed by atoms with Gasteiger partial charge in [0.05, 0.1) is 24.8 Å². The number of carbonyl (C=O) groups excluding carboxylic acids is 2. The van der Waals surface area contributed by atoms with Crippen molar-refractivity contribution in [2.24, 2.45) is 0 Å². The maximum Gasteiger partial charge on any atom is 0.264 e. The number of anilines is 1. The van der Waals surface area contributed by atoms with E-state index in [-0.39, 0.29) is 29.1 Å². The van der Waals surface area contributed by atoms with Crippen molar-refractivity contribution < 1.29 is 27.5 Å². The molecule has 3 aromatic carbocycles. The third kappa shape index (κ3) is 7.72. The second-order valence-corrected chi connectivity index (χ2v) is 13.4. The van der Waals surface area contributed by atoms with Crippen LogP contribution >= 0.6 is 0 Å². The molecule has 1 aliphatic rings. The quantitative estimate of drug-likeness (QED) is 0.294. The largest absolute Gasteiger partial charge is 0.493 e. The Hall–Kier alpha value is -4.05. The zero-order valence-corrected chi connectivity index (χ0v) is 27.2. The first-order chi connectivity index (χ1) is 20.9. The van der Waals surface area contributed by atoms with Crippen molar-refractivity contribution in [1.29, 1.82) is 0 Å². The molecule has 236 valence electrons. The molecular formula is C34H43N3O6S. The predicted octanol–water partition coefficient (Wildman–Crippen LogP) is 5.30. The minimum Gasteiger partial charge on any atom is -0.493 e. The molecule has 1 aliphatic carbocycles. The first-order valence-electron chi connectivity index (χ1n) is 14.9. The Morgan fingerprint density at radius 2 is 1.55 bits per heavy atom. The van der Waals surface area contributed by atoms with Crippen LogP contribution < -0.4 is 19.1 Å². The smallest absolute Gasteiger partial charge is 0.264 e. The van der Waals surface area contributed by atoms with Crippen LogP contribution in [0.5, 0.6) is 11.5 Å². The molecule has 10 heteroatoms. The summed E-state index contributed by atoms with van der Waals surface area (Å²) in [6, 6.07) is 16.7. The molecule has 0 bridgehead atoms. The zero-order valence-electron chi connectivity index (χ0n) is 26.4. The lowest BCUT2D eigenvalue weighted by Gasteiger charge is -2.32. The summed E-state index contributed by atoms with van der Waals surface area (Å²) in [6.45, 7) is 7.05. The molecule has 1 saturated carbocycles. The van der Waals surface area contributed by atoms with Crippen LogP contribution in [-0.4, -0.2) is 58.0 Å². The molecule has 1 fully saturated rings. The summed E-state index contributed by atoms with van der Waals surface area (Å²) in [6.07, 6.45) is 3.94. The van der Waals surface area contributed by atoms with Gasteiger partial charge in [-0.05, 0) is 81.5 Å². The number of carbonyl (C=O) groups is 2. The van der Waals surface area contributed by atoms with E-state index in [1.807, 2.05) is 51.1 Å². The third-order valence-electron chi connectivity index (χ3n) is 8.02. The Bertz CT molecular complexity index is 1580. The first kappa shape index (κ1) is 32.9. The van der Waals surface area contributed by atoms with E-state index in [0.717, 1.165) is 52.2 Å². The van der Waals surface area contributed by atoms with Gasteiger partial charge >= 0.3 is 0 Å². The van der Waals surface area contributed by atoms with Gasteiger partial charge in [-0.1, -0.05) is 48.7 Å². The molecule has 0 aliphatic heterocycles. The fourth-order valence-electron chi connectivity index (χ4n) is 5.71. The van der Waals surface area contributed by atoms with Crippen molar-refractivity contribution in [3.63, 3.8) is 0 Å². The molecular weight excluding hydrogens is 578 g/mol. The number of nitrogens with one attached hydrogen (secondary N) is 1. The van der Waals surface area contributed by atoms with E-state index >= 15 is 0 Å². The SMILES string of the molecule is COc1ccc(S(=O)(=O)N(CC(=O)N(Cc2cccc(C)c2)[C@H](C)C(=O)NC2CCCC2)c2cc(C)cc(C)c2)cc1OC. The number of amides is 2. The minimum absolute atomic E-state index is 0.0561. The lowest BCUT2D eigenvalue weighted by molar-refractivity contribution is -0.139. The molecule has 0 spiro atoms. The standard InChI is InChI=1S/C34H43N3O6S/c1-23-10-9-11-27(17-23)21-36(26(4)34(39)35-28-12-7-8-13-28)33(38)22-37(29-18-24(2)16-25(3)19-29)44(40,41)30-14-15-31(42-5)32(20-30)43-6/h9-11,14-20,26,28H,7-8,12-13,21-22H2,1-6H3,(H,35,39)/t26-/m1/s1. The number of hydrogen-bond donors (Lipinski definition) is 1. The van der Waals surface area contributed by atoms with Gasteiger partial charge in [0, 0.05) is 18.7 Å². The van der Waals surface area contributed by atoms with Crippen molar-refractivity contribution in [1.82, 2.24) is 10.2 Å². The van der Waals surface area contributed by atoms with E-state index in [1.54, 1.807) is 19.1 Å². The van der Waals surface area contributed by atoms with Gasteiger partial charge in [0.15, 0.2) is 11.5 Å². The summed E-state index contributed by atoms with van der Waals surface area (Å²) in [5.74, 6) is -0.118. The second kappa shape index (κ2) is 14.2. The monoisotopic (exact) mass is 621 g/mol. The van der Waals surface area contributed by atoms with Crippen molar-refractivity contribution in [3.8, 4) is 11.5 Å². The summed E-state index contributed by atoms with van der Waals surface area (Å²) in [7, 11) is -1.37. The highest BCUT2D eigenvalue weighted by Gasteiger charge is 2.34. The van der Waals surface area contributed by atoms with E-state index in [1.165, 1.54) is 37.3 Å². The van der Waals surface area contributed by atoms with Crippen LogP contribution in [0.15, 0.2) is 65.6 Å². The topological polar surface area (TPSA) is 105 Å². The second-order valence-electron chi connectivity index (χ2n) is 11.6. The fourth-order valence-corrected chi connectivity index (χ4v) is 7.12. The van der Waals surface area contributed by atoms with E-state index in [0.29, 0.717) is 11.4 Å². The average Bonchev–Trinajstić information content (AvgIpc) is 3.50. The summed E-state index contributed by atoms with van der Waals surface area (Å²) >= 11 is 0. The Kier molecular flexibility index (Phi) is 10.6. The molecule has 0 radical (unpaired) electrons. The minimum atomic E-state index is -4.27. The molecule has 44 heavy (non-hydrogen) atoms. The molecule has 4 rings (SSSR count). The third-order valence-corrected chi connectivity index (χ3v) is 9.79. The Morgan fingerprint density at radius 3 is 2.16 bits per heavy atom. The molecule has 0 aromatic heterocycles. The lowest BCUT2D eigenvalue weighted by Crippen LogP contribution is -2.52. The van der Waals surface area contributed by atoms with Crippen molar-refractivity contribution in [2.45, 2.75) is 76.9 Å². The number of aryl methyl sites for hydroxylation is 3. The Morgan fingerprint density at radius 1 is 0.886 bits per heavy atom. The molecule has 3 aromatic rings. The lowest BCUT2D eigenvalue weighted by atomic mass is 10.1. The number of rotatable bonds is 12.